The van der Waals surface area contributed by atoms with E-state index in [2.05, 4.69) is 91.1 Å². The van der Waals surface area contributed by atoms with Gasteiger partial charge in [0.05, 0.1) is 18.5 Å². The van der Waals surface area contributed by atoms with Crippen LogP contribution in [0.25, 0.3) is 0 Å². The molecule has 3 N–H and O–H groups in total. The lowest BCUT2D eigenvalue weighted by Gasteiger charge is -2.45. The Bertz CT molecular complexity index is 1310. The molecule has 1 unspecified atom stereocenters. The molecule has 0 spiro atoms. The zero-order chi connectivity index (χ0) is 26.8. The number of rotatable bonds is 7. The first kappa shape index (κ1) is 26.7. The number of piperidine rings is 1. The summed E-state index contributed by atoms with van der Waals surface area (Å²) in [5, 5.41) is 3.53. The number of fused-ring (bicyclic) bond motifs is 1. The molecule has 1 saturated heterocycles. The molecular formula is C33H39FN3S+. The summed E-state index contributed by atoms with van der Waals surface area (Å²) in [5.41, 5.74) is 13.9. The van der Waals surface area contributed by atoms with Gasteiger partial charge in [-0.2, -0.15) is 0 Å². The predicted molar refractivity (Wildman–Crippen MR) is 160 cm³/mol. The lowest BCUT2D eigenvalue weighted by molar-refractivity contribution is 0.216. The summed E-state index contributed by atoms with van der Waals surface area (Å²) >= 11 is 1.26. The molecule has 0 aromatic heterocycles. The van der Waals surface area contributed by atoms with Crippen molar-refractivity contribution in [1.29, 1.82) is 0 Å². The molecule has 1 aliphatic heterocycles. The van der Waals surface area contributed by atoms with Gasteiger partial charge >= 0.3 is 0 Å². The molecule has 38 heavy (non-hydrogen) atoms. The fourth-order valence-electron chi connectivity index (χ4n) is 5.71. The molecule has 5 heteroatoms. The van der Waals surface area contributed by atoms with Gasteiger partial charge in [-0.3, -0.25) is 0 Å². The number of nitrogens with zero attached hydrogens (tertiary/aromatic N) is 1. The number of benzene rings is 3. The van der Waals surface area contributed by atoms with E-state index in [1.165, 1.54) is 51.2 Å². The van der Waals surface area contributed by atoms with Crippen molar-refractivity contribution in [2.24, 2.45) is 11.1 Å². The second-order valence-electron chi connectivity index (χ2n) is 11.7. The van der Waals surface area contributed by atoms with Crippen LogP contribution in [0.5, 0.6) is 0 Å². The molecule has 198 valence electrons. The minimum absolute atomic E-state index is 0.000628. The molecule has 3 nitrogen and oxygen atoms in total. The fourth-order valence-corrected chi connectivity index (χ4v) is 6.86. The smallest absolute Gasteiger partial charge is 0.173 e. The molecule has 1 aliphatic carbocycles. The van der Waals surface area contributed by atoms with Crippen LogP contribution in [-0.4, -0.2) is 23.9 Å². The molecule has 5 rings (SSSR count). The normalized spacial score (nSPS) is 20.2. The van der Waals surface area contributed by atoms with E-state index in [0.717, 1.165) is 43.7 Å². The summed E-state index contributed by atoms with van der Waals surface area (Å²) < 4.78 is 16.1. The van der Waals surface area contributed by atoms with Gasteiger partial charge in [-0.1, -0.05) is 68.8 Å². The van der Waals surface area contributed by atoms with E-state index in [4.69, 9.17) is 5.73 Å². The SMILES string of the molecule is CC(C)(C)c1ccc([SH+]N2CCC3=CC(Nc4ccc(F)cc4)=C(CN)CC3(Cc3ccccc3)C2)cc1. The molecule has 2 aliphatic rings. The van der Waals surface area contributed by atoms with Crippen LogP contribution >= 0.6 is 0 Å². The number of hydrogen-bond acceptors (Lipinski definition) is 3. The average Bonchev–Trinajstić information content (AvgIpc) is 2.90. The highest BCUT2D eigenvalue weighted by atomic mass is 32.2. The van der Waals surface area contributed by atoms with Crippen molar-refractivity contribution in [3.8, 4) is 0 Å². The van der Waals surface area contributed by atoms with Crippen LogP contribution in [0.1, 0.15) is 44.7 Å². The standard InChI is InChI=1S/C33H38FN3S/c1-32(2,3)26-9-15-30(16-10-26)38-37-18-17-27-19-31(36-29-13-11-28(34)12-14-29)25(22-35)21-33(27,23-37)20-24-7-5-4-6-8-24/h4-16,19,36H,17-18,20-23,35H2,1-3H3/p+1. The third-order valence-corrected chi connectivity index (χ3v) is 8.96. The molecule has 3 aromatic carbocycles. The third kappa shape index (κ3) is 6.06. The van der Waals surface area contributed by atoms with Crippen molar-refractivity contribution in [3.63, 3.8) is 0 Å². The molecule has 0 saturated carbocycles. The summed E-state index contributed by atoms with van der Waals surface area (Å²) in [7, 11) is 0. The molecule has 0 amide bonds. The maximum absolute atomic E-state index is 13.5. The summed E-state index contributed by atoms with van der Waals surface area (Å²) in [5.74, 6) is -0.230. The number of hydrogen-bond donors (Lipinski definition) is 2. The van der Waals surface area contributed by atoms with Crippen LogP contribution in [-0.2, 0) is 23.8 Å². The minimum Gasteiger partial charge on any atom is -0.356 e. The van der Waals surface area contributed by atoms with Crippen molar-refractivity contribution >= 4 is 17.6 Å². The highest BCUT2D eigenvalue weighted by molar-refractivity contribution is 7.76. The second-order valence-corrected chi connectivity index (χ2v) is 13.0. The highest BCUT2D eigenvalue weighted by Gasteiger charge is 2.44. The van der Waals surface area contributed by atoms with E-state index >= 15 is 0 Å². The summed E-state index contributed by atoms with van der Waals surface area (Å²) in [4.78, 5) is 1.34. The van der Waals surface area contributed by atoms with Crippen molar-refractivity contribution in [2.45, 2.75) is 50.3 Å². The van der Waals surface area contributed by atoms with Gasteiger partial charge in [0.1, 0.15) is 5.82 Å². The quantitative estimate of drug-likeness (QED) is 0.262. The van der Waals surface area contributed by atoms with Gasteiger partial charge in [0.15, 0.2) is 4.90 Å². The van der Waals surface area contributed by atoms with E-state index in [1.807, 2.05) is 0 Å². The van der Waals surface area contributed by atoms with Gasteiger partial charge in [-0.15, -0.1) is 4.31 Å². The highest BCUT2D eigenvalue weighted by Crippen LogP contribution is 2.47. The van der Waals surface area contributed by atoms with Crippen LogP contribution in [0.2, 0.25) is 0 Å². The van der Waals surface area contributed by atoms with Gasteiger partial charge in [0.25, 0.3) is 0 Å². The predicted octanol–water partition coefficient (Wildman–Crippen LogP) is 6.80. The van der Waals surface area contributed by atoms with Crippen molar-refractivity contribution in [2.75, 3.05) is 25.0 Å². The van der Waals surface area contributed by atoms with Crippen LogP contribution in [0.15, 0.2) is 107 Å². The first-order chi connectivity index (χ1) is 18.2. The van der Waals surface area contributed by atoms with Crippen LogP contribution in [0.3, 0.4) is 0 Å². The molecule has 0 bridgehead atoms. The van der Waals surface area contributed by atoms with E-state index in [0.29, 0.717) is 6.54 Å². The first-order valence-corrected chi connectivity index (χ1v) is 14.4. The lowest BCUT2D eigenvalue weighted by Crippen LogP contribution is -2.47. The second kappa shape index (κ2) is 11.1. The number of nitrogens with two attached hydrogens (primary N) is 1. The summed E-state index contributed by atoms with van der Waals surface area (Å²) in [6.07, 6.45) is 5.27. The van der Waals surface area contributed by atoms with E-state index in [-0.39, 0.29) is 16.6 Å². The van der Waals surface area contributed by atoms with Gasteiger partial charge < -0.3 is 11.1 Å². The third-order valence-electron chi connectivity index (χ3n) is 7.80. The number of thiol groups is 1. The topological polar surface area (TPSA) is 41.3 Å². The molecular weight excluding hydrogens is 489 g/mol. The zero-order valence-corrected chi connectivity index (χ0v) is 23.6. The van der Waals surface area contributed by atoms with Crippen molar-refractivity contribution in [3.05, 3.63) is 119 Å². The number of anilines is 1. The zero-order valence-electron chi connectivity index (χ0n) is 22.7. The Kier molecular flexibility index (Phi) is 7.80. The van der Waals surface area contributed by atoms with E-state index in [9.17, 15) is 4.39 Å². The van der Waals surface area contributed by atoms with E-state index in [1.54, 1.807) is 12.1 Å². The van der Waals surface area contributed by atoms with Gasteiger partial charge in [0, 0.05) is 29.9 Å². The first-order valence-electron chi connectivity index (χ1n) is 13.5. The summed E-state index contributed by atoms with van der Waals surface area (Å²) in [6.45, 7) is 9.29. The van der Waals surface area contributed by atoms with Gasteiger partial charge in [-0.25, -0.2) is 4.39 Å². The van der Waals surface area contributed by atoms with Gasteiger partial charge in [-0.05, 0) is 83.9 Å². The lowest BCUT2D eigenvalue weighted by atomic mass is 9.65. The van der Waals surface area contributed by atoms with Crippen LogP contribution in [0.4, 0.5) is 10.1 Å². The Morgan fingerprint density at radius 3 is 2.34 bits per heavy atom. The summed E-state index contributed by atoms with van der Waals surface area (Å²) in [6, 6.07) is 26.5. The average molecular weight is 529 g/mol. The largest absolute Gasteiger partial charge is 0.356 e. The van der Waals surface area contributed by atoms with Crippen molar-refractivity contribution in [1.82, 2.24) is 4.31 Å². The maximum atomic E-state index is 13.5. The number of nitrogens with one attached hydrogen (secondary N) is 1. The number of allylic oxidation sites excluding steroid dienone is 1. The van der Waals surface area contributed by atoms with Gasteiger partial charge in [0.2, 0.25) is 0 Å². The number of halogens is 1. The Morgan fingerprint density at radius 1 is 0.974 bits per heavy atom. The maximum Gasteiger partial charge on any atom is 0.173 e. The molecule has 1 atom stereocenters. The molecule has 3 aromatic rings. The molecule has 1 fully saturated rings. The van der Waals surface area contributed by atoms with E-state index < -0.39 is 0 Å². The monoisotopic (exact) mass is 528 g/mol. The minimum atomic E-state index is -0.230. The van der Waals surface area contributed by atoms with Crippen molar-refractivity contribution < 1.29 is 4.39 Å². The van der Waals surface area contributed by atoms with Crippen LogP contribution < -0.4 is 11.1 Å². The van der Waals surface area contributed by atoms with Crippen LogP contribution in [0, 0.1) is 11.2 Å². The molecule has 1 heterocycles. The fraction of sp³-hybridized carbons (Fsp3) is 0.333. The Labute approximate surface area is 231 Å². The Hall–Kier alpha value is -2.86. The Balaban J connectivity index is 1.42. The molecule has 0 radical (unpaired) electrons. The Morgan fingerprint density at radius 2 is 1.68 bits per heavy atom.